The molecule has 1 aromatic heterocycles. The largest absolute Gasteiger partial charge is 0.364 e. The predicted octanol–water partition coefficient (Wildman–Crippen LogP) is 1.78. The molecule has 0 aliphatic carbocycles. The number of hydrogen-bond acceptors (Lipinski definition) is 3. The van der Waals surface area contributed by atoms with Gasteiger partial charge in [0, 0.05) is 26.2 Å². The number of nitrogens with zero attached hydrogens (tertiary/aromatic N) is 3. The zero-order chi connectivity index (χ0) is 13.3. The van der Waals surface area contributed by atoms with E-state index in [0.29, 0.717) is 26.2 Å². The summed E-state index contributed by atoms with van der Waals surface area (Å²) in [5, 5.41) is 0. The number of likely N-dealkylation sites (N-methyl/N-ethyl adjacent to an activating group) is 1. The Labute approximate surface area is 102 Å². The van der Waals surface area contributed by atoms with E-state index in [1.165, 1.54) is 4.90 Å². The summed E-state index contributed by atoms with van der Waals surface area (Å²) in [6.07, 6.45) is 0. The highest BCUT2D eigenvalue weighted by Crippen LogP contribution is 2.26. The second-order valence-electron chi connectivity index (χ2n) is 4.09. The molecular weight excluding hydrogens is 250 g/mol. The van der Waals surface area contributed by atoms with Crippen LogP contribution in [0.3, 0.4) is 0 Å². The summed E-state index contributed by atoms with van der Waals surface area (Å²) in [4.78, 5) is 5.93. The summed E-state index contributed by atoms with van der Waals surface area (Å²) < 4.78 is 53.0. The van der Waals surface area contributed by atoms with Gasteiger partial charge in [0.15, 0.2) is 0 Å². The summed E-state index contributed by atoms with van der Waals surface area (Å²) in [6.45, 7) is 4.65. The third-order valence-electron chi connectivity index (χ3n) is 3.11. The smallest absolute Gasteiger partial charge is 0.253 e. The van der Waals surface area contributed by atoms with Crippen LogP contribution in [0.5, 0.6) is 0 Å². The lowest BCUT2D eigenvalue weighted by atomic mass is 10.2. The van der Waals surface area contributed by atoms with Crippen LogP contribution in [0.2, 0.25) is 0 Å². The minimum absolute atomic E-state index is 0.324. The van der Waals surface area contributed by atoms with Crippen molar-refractivity contribution in [2.45, 2.75) is 6.92 Å². The Bertz CT molecular complexity index is 418. The van der Waals surface area contributed by atoms with E-state index in [9.17, 15) is 17.6 Å². The van der Waals surface area contributed by atoms with Crippen molar-refractivity contribution < 1.29 is 17.6 Å². The normalized spacial score (nSPS) is 17.3. The molecule has 0 saturated carbocycles. The zero-order valence-electron chi connectivity index (χ0n) is 9.89. The standard InChI is InChI=1S/C11H13F4N3/c1-2-17-3-5-18(6-4-17)9-7(12)10(14)16-11(15)8(9)13/h2-6H2,1H3. The molecule has 1 fully saturated rings. The quantitative estimate of drug-likeness (QED) is 0.599. The van der Waals surface area contributed by atoms with Gasteiger partial charge in [-0.2, -0.15) is 22.5 Å². The highest BCUT2D eigenvalue weighted by atomic mass is 19.2. The molecule has 1 saturated heterocycles. The summed E-state index contributed by atoms with van der Waals surface area (Å²) in [7, 11) is 0. The topological polar surface area (TPSA) is 19.4 Å². The van der Waals surface area contributed by atoms with Crippen molar-refractivity contribution in [2.75, 3.05) is 37.6 Å². The highest BCUT2D eigenvalue weighted by Gasteiger charge is 2.27. The lowest BCUT2D eigenvalue weighted by Gasteiger charge is -2.35. The molecule has 0 spiro atoms. The number of rotatable bonds is 2. The maximum Gasteiger partial charge on any atom is 0.253 e. The van der Waals surface area contributed by atoms with Crippen molar-refractivity contribution in [2.24, 2.45) is 0 Å². The van der Waals surface area contributed by atoms with E-state index in [2.05, 4.69) is 9.88 Å². The van der Waals surface area contributed by atoms with Gasteiger partial charge >= 0.3 is 0 Å². The van der Waals surface area contributed by atoms with Crippen LogP contribution in [0.15, 0.2) is 0 Å². The average molecular weight is 263 g/mol. The van der Waals surface area contributed by atoms with Crippen molar-refractivity contribution in [3.63, 3.8) is 0 Å². The van der Waals surface area contributed by atoms with E-state index in [1.807, 2.05) is 6.92 Å². The fourth-order valence-electron chi connectivity index (χ4n) is 2.04. The first-order valence-electron chi connectivity index (χ1n) is 5.71. The first-order valence-corrected chi connectivity index (χ1v) is 5.71. The molecule has 2 rings (SSSR count). The molecular formula is C11H13F4N3. The van der Waals surface area contributed by atoms with Gasteiger partial charge in [-0.05, 0) is 6.54 Å². The van der Waals surface area contributed by atoms with Gasteiger partial charge in [0.25, 0.3) is 11.9 Å². The van der Waals surface area contributed by atoms with Crippen LogP contribution < -0.4 is 4.90 Å². The second kappa shape index (κ2) is 5.09. The molecule has 1 aliphatic rings. The number of piperazine rings is 1. The maximum absolute atomic E-state index is 13.5. The number of aromatic nitrogens is 1. The molecule has 100 valence electrons. The first-order chi connectivity index (χ1) is 8.54. The van der Waals surface area contributed by atoms with Crippen molar-refractivity contribution in [1.82, 2.24) is 9.88 Å². The Kier molecular flexibility index (Phi) is 3.70. The highest BCUT2D eigenvalue weighted by molar-refractivity contribution is 5.48. The minimum Gasteiger partial charge on any atom is -0.364 e. The van der Waals surface area contributed by atoms with Crippen molar-refractivity contribution >= 4 is 5.69 Å². The van der Waals surface area contributed by atoms with Crippen molar-refractivity contribution in [1.29, 1.82) is 0 Å². The number of hydrogen-bond donors (Lipinski definition) is 0. The van der Waals surface area contributed by atoms with Gasteiger partial charge < -0.3 is 9.80 Å². The summed E-state index contributed by atoms with van der Waals surface area (Å²) >= 11 is 0. The molecule has 18 heavy (non-hydrogen) atoms. The molecule has 3 nitrogen and oxygen atoms in total. The lowest BCUT2D eigenvalue weighted by Crippen LogP contribution is -2.47. The van der Waals surface area contributed by atoms with Crippen LogP contribution >= 0.6 is 0 Å². The predicted molar refractivity (Wildman–Crippen MR) is 58.4 cm³/mol. The van der Waals surface area contributed by atoms with E-state index in [1.54, 1.807) is 0 Å². The van der Waals surface area contributed by atoms with E-state index in [0.717, 1.165) is 6.54 Å². The monoisotopic (exact) mass is 263 g/mol. The molecule has 0 aromatic carbocycles. The lowest BCUT2D eigenvalue weighted by molar-refractivity contribution is 0.268. The van der Waals surface area contributed by atoms with E-state index >= 15 is 0 Å². The molecule has 0 atom stereocenters. The van der Waals surface area contributed by atoms with Crippen LogP contribution in [0.4, 0.5) is 23.2 Å². The third-order valence-corrected chi connectivity index (χ3v) is 3.11. The number of anilines is 1. The van der Waals surface area contributed by atoms with E-state index in [-0.39, 0.29) is 0 Å². The molecule has 0 unspecified atom stereocenters. The van der Waals surface area contributed by atoms with Crippen molar-refractivity contribution in [3.05, 3.63) is 23.5 Å². The van der Waals surface area contributed by atoms with E-state index in [4.69, 9.17) is 0 Å². The Morgan fingerprint density at radius 1 is 0.944 bits per heavy atom. The van der Waals surface area contributed by atoms with Gasteiger partial charge in [-0.25, -0.2) is 0 Å². The van der Waals surface area contributed by atoms with Gasteiger partial charge in [0.2, 0.25) is 11.6 Å². The van der Waals surface area contributed by atoms with Crippen LogP contribution in [0.25, 0.3) is 0 Å². The fourth-order valence-corrected chi connectivity index (χ4v) is 2.04. The van der Waals surface area contributed by atoms with Crippen LogP contribution in [0, 0.1) is 23.5 Å². The molecule has 1 aromatic rings. The Hall–Kier alpha value is -1.37. The molecule has 0 bridgehead atoms. The van der Waals surface area contributed by atoms with Crippen LogP contribution in [0.1, 0.15) is 6.92 Å². The number of pyridine rings is 1. The summed E-state index contributed by atoms with van der Waals surface area (Å²) in [6, 6.07) is 0. The Morgan fingerprint density at radius 3 is 1.89 bits per heavy atom. The number of halogens is 4. The van der Waals surface area contributed by atoms with Crippen molar-refractivity contribution in [3.8, 4) is 0 Å². The van der Waals surface area contributed by atoms with Gasteiger partial charge in [-0.15, -0.1) is 0 Å². The van der Waals surface area contributed by atoms with Crippen LogP contribution in [-0.4, -0.2) is 42.6 Å². The van der Waals surface area contributed by atoms with Gasteiger partial charge in [-0.3, -0.25) is 0 Å². The zero-order valence-corrected chi connectivity index (χ0v) is 9.89. The molecule has 7 heteroatoms. The van der Waals surface area contributed by atoms with E-state index < -0.39 is 29.2 Å². The van der Waals surface area contributed by atoms with Gasteiger partial charge in [-0.1, -0.05) is 6.92 Å². The first kappa shape index (κ1) is 13.1. The molecule has 0 amide bonds. The van der Waals surface area contributed by atoms with Gasteiger partial charge in [0.05, 0.1) is 0 Å². The minimum atomic E-state index is -1.61. The summed E-state index contributed by atoms with van der Waals surface area (Å²) in [5.74, 6) is -6.08. The average Bonchev–Trinajstić information content (AvgIpc) is 2.37. The molecule has 0 radical (unpaired) electrons. The second-order valence-corrected chi connectivity index (χ2v) is 4.09. The molecule has 0 N–H and O–H groups in total. The SMILES string of the molecule is CCN1CCN(c2c(F)c(F)nc(F)c2F)CC1. The summed E-state index contributed by atoms with van der Waals surface area (Å²) in [5.41, 5.74) is -0.657. The molecule has 1 aliphatic heterocycles. The van der Waals surface area contributed by atoms with Crippen LogP contribution in [-0.2, 0) is 0 Å². The Morgan fingerprint density at radius 2 is 1.44 bits per heavy atom. The fraction of sp³-hybridized carbons (Fsp3) is 0.545. The Balaban J connectivity index is 2.29. The molecule has 2 heterocycles. The maximum atomic E-state index is 13.5. The third kappa shape index (κ3) is 2.27. The van der Waals surface area contributed by atoms with Gasteiger partial charge in [0.1, 0.15) is 5.69 Å².